The lowest BCUT2D eigenvalue weighted by atomic mass is 9.88. The normalized spacial score (nSPS) is 16.7. The van der Waals surface area contributed by atoms with Gasteiger partial charge in [0.25, 0.3) is 0 Å². The first-order chi connectivity index (χ1) is 8.90. The van der Waals surface area contributed by atoms with E-state index in [-0.39, 0.29) is 29.1 Å². The third kappa shape index (κ3) is 3.27. The highest BCUT2D eigenvalue weighted by atomic mass is 35.5. The topological polar surface area (TPSA) is 37.3 Å². The molecule has 0 amide bonds. The van der Waals surface area contributed by atoms with Crippen LogP contribution in [0.5, 0.6) is 0 Å². The summed E-state index contributed by atoms with van der Waals surface area (Å²) in [5.41, 5.74) is 1.43. The molecule has 0 heterocycles. The van der Waals surface area contributed by atoms with Crippen LogP contribution in [0.4, 0.5) is 4.39 Å². The Kier molecular flexibility index (Phi) is 4.14. The first kappa shape index (κ1) is 14.3. The summed E-state index contributed by atoms with van der Waals surface area (Å²) in [5, 5.41) is 9.11. The van der Waals surface area contributed by atoms with Crippen LogP contribution in [-0.2, 0) is 4.79 Å². The minimum absolute atomic E-state index is 0.0298. The Bertz CT molecular complexity index is 495. The van der Waals surface area contributed by atoms with Gasteiger partial charge in [-0.1, -0.05) is 31.5 Å². The van der Waals surface area contributed by atoms with Crippen molar-refractivity contribution in [1.82, 2.24) is 0 Å². The van der Waals surface area contributed by atoms with Crippen molar-refractivity contribution < 1.29 is 14.3 Å². The molecule has 1 aromatic rings. The first-order valence-electron chi connectivity index (χ1n) is 6.60. The molecule has 4 heteroatoms. The average molecular weight is 285 g/mol. The van der Waals surface area contributed by atoms with E-state index in [0.717, 1.165) is 18.4 Å². The molecule has 0 saturated heterocycles. The Morgan fingerprint density at radius 1 is 1.47 bits per heavy atom. The summed E-state index contributed by atoms with van der Waals surface area (Å²) in [5.74, 6) is -0.818. The molecule has 0 spiro atoms. The van der Waals surface area contributed by atoms with E-state index >= 15 is 0 Å². The highest BCUT2D eigenvalue weighted by Gasteiger charge is 2.34. The van der Waals surface area contributed by atoms with Gasteiger partial charge in [0, 0.05) is 0 Å². The Labute approximate surface area is 117 Å². The van der Waals surface area contributed by atoms with Crippen molar-refractivity contribution in [2.24, 2.45) is 5.92 Å². The van der Waals surface area contributed by atoms with Crippen molar-refractivity contribution in [3.8, 4) is 0 Å². The van der Waals surface area contributed by atoms with Gasteiger partial charge in [0.15, 0.2) is 0 Å². The number of aliphatic carboxylic acids is 1. The summed E-state index contributed by atoms with van der Waals surface area (Å²) in [7, 11) is 0. The number of carboxylic acids is 1. The van der Waals surface area contributed by atoms with Crippen molar-refractivity contribution >= 4 is 17.6 Å². The number of halogens is 2. The lowest BCUT2D eigenvalue weighted by molar-refractivity contribution is -0.137. The molecular weight excluding hydrogens is 267 g/mol. The summed E-state index contributed by atoms with van der Waals surface area (Å²) in [6.45, 7) is 3.81. The van der Waals surface area contributed by atoms with Gasteiger partial charge in [0.1, 0.15) is 5.82 Å². The predicted octanol–water partition coefficient (Wildman–Crippen LogP) is 4.57. The number of hydrogen-bond donors (Lipinski definition) is 1. The molecule has 1 atom stereocenters. The summed E-state index contributed by atoms with van der Waals surface area (Å²) < 4.78 is 13.9. The van der Waals surface area contributed by atoms with Crippen molar-refractivity contribution in [1.29, 1.82) is 0 Å². The molecule has 1 unspecified atom stereocenters. The van der Waals surface area contributed by atoms with Crippen LogP contribution in [0.25, 0.3) is 0 Å². The summed E-state index contributed by atoms with van der Waals surface area (Å²) in [6.07, 6.45) is 2.18. The zero-order valence-corrected chi connectivity index (χ0v) is 11.9. The molecule has 19 heavy (non-hydrogen) atoms. The fourth-order valence-electron chi connectivity index (χ4n) is 2.51. The Morgan fingerprint density at radius 2 is 2.11 bits per heavy atom. The minimum atomic E-state index is -0.816. The van der Waals surface area contributed by atoms with Crippen LogP contribution in [0.3, 0.4) is 0 Å². The van der Waals surface area contributed by atoms with Gasteiger partial charge in [-0.3, -0.25) is 4.79 Å². The van der Waals surface area contributed by atoms with Crippen LogP contribution >= 0.6 is 11.6 Å². The maximum atomic E-state index is 13.9. The van der Waals surface area contributed by atoms with Crippen LogP contribution in [0.15, 0.2) is 12.1 Å². The van der Waals surface area contributed by atoms with Crippen LogP contribution in [-0.4, -0.2) is 11.1 Å². The molecule has 2 nitrogen and oxygen atoms in total. The number of carboxylic acid groups (broad SMARTS) is 1. The largest absolute Gasteiger partial charge is 0.481 e. The molecule has 1 aliphatic rings. The molecule has 0 radical (unpaired) electrons. The molecule has 104 valence electrons. The van der Waals surface area contributed by atoms with Gasteiger partial charge in [0.2, 0.25) is 0 Å². The van der Waals surface area contributed by atoms with Gasteiger partial charge < -0.3 is 5.11 Å². The highest BCUT2D eigenvalue weighted by Crippen LogP contribution is 2.45. The third-order valence-electron chi connectivity index (χ3n) is 3.71. The van der Waals surface area contributed by atoms with Crippen molar-refractivity contribution in [3.05, 3.63) is 34.1 Å². The van der Waals surface area contributed by atoms with Crippen molar-refractivity contribution in [3.63, 3.8) is 0 Å². The second kappa shape index (κ2) is 5.49. The van der Waals surface area contributed by atoms with Gasteiger partial charge in [-0.2, -0.15) is 0 Å². The lowest BCUT2D eigenvalue weighted by Crippen LogP contribution is -2.10. The Hall–Kier alpha value is -1.09. The number of benzene rings is 1. The van der Waals surface area contributed by atoms with E-state index < -0.39 is 5.97 Å². The second-order valence-corrected chi connectivity index (χ2v) is 6.01. The maximum absolute atomic E-state index is 13.9. The van der Waals surface area contributed by atoms with Crippen molar-refractivity contribution in [2.45, 2.75) is 44.9 Å². The zero-order chi connectivity index (χ0) is 14.2. The van der Waals surface area contributed by atoms with E-state index in [2.05, 4.69) is 0 Å². The van der Waals surface area contributed by atoms with Gasteiger partial charge in [-0.15, -0.1) is 0 Å². The summed E-state index contributed by atoms with van der Waals surface area (Å²) >= 11 is 5.95. The van der Waals surface area contributed by atoms with Gasteiger partial charge in [-0.25, -0.2) is 4.39 Å². The van der Waals surface area contributed by atoms with E-state index in [9.17, 15) is 9.18 Å². The zero-order valence-electron chi connectivity index (χ0n) is 11.1. The van der Waals surface area contributed by atoms with E-state index in [0.29, 0.717) is 11.5 Å². The number of carbonyl (C=O) groups is 1. The summed E-state index contributed by atoms with van der Waals surface area (Å²) in [4.78, 5) is 11.0. The molecule has 2 rings (SSSR count). The van der Waals surface area contributed by atoms with Crippen LogP contribution in [0.2, 0.25) is 5.02 Å². The van der Waals surface area contributed by atoms with Crippen LogP contribution in [0.1, 0.15) is 56.1 Å². The van der Waals surface area contributed by atoms with Crippen molar-refractivity contribution in [2.75, 3.05) is 0 Å². The maximum Gasteiger partial charge on any atom is 0.303 e. The quantitative estimate of drug-likeness (QED) is 0.860. The fourth-order valence-corrected chi connectivity index (χ4v) is 2.74. The van der Waals surface area contributed by atoms with Gasteiger partial charge >= 0.3 is 5.97 Å². The third-order valence-corrected chi connectivity index (χ3v) is 3.99. The van der Waals surface area contributed by atoms with E-state index in [1.807, 2.05) is 13.8 Å². The van der Waals surface area contributed by atoms with Crippen LogP contribution < -0.4 is 0 Å². The number of hydrogen-bond acceptors (Lipinski definition) is 1. The Morgan fingerprint density at radius 3 is 2.58 bits per heavy atom. The SMILES string of the molecule is CC(C)c1cc(C(CC(=O)O)C2CC2)cc(Cl)c1F. The fraction of sp³-hybridized carbons (Fsp3) is 0.533. The lowest BCUT2D eigenvalue weighted by Gasteiger charge is -2.18. The minimum Gasteiger partial charge on any atom is -0.481 e. The smallest absolute Gasteiger partial charge is 0.303 e. The molecule has 0 aromatic heterocycles. The van der Waals surface area contributed by atoms with E-state index in [1.54, 1.807) is 12.1 Å². The molecule has 0 aliphatic heterocycles. The highest BCUT2D eigenvalue weighted by molar-refractivity contribution is 6.30. The monoisotopic (exact) mass is 284 g/mol. The molecule has 0 bridgehead atoms. The molecule has 1 fully saturated rings. The molecule has 1 aromatic carbocycles. The standard InChI is InChI=1S/C15H18ClFO2/c1-8(2)11-5-10(6-13(16)15(11)17)12(7-14(18)19)9-3-4-9/h5-6,8-9,12H,3-4,7H2,1-2H3,(H,18,19). The van der Waals surface area contributed by atoms with Gasteiger partial charge in [-0.05, 0) is 47.8 Å². The molecular formula is C15H18ClFO2. The first-order valence-corrected chi connectivity index (χ1v) is 6.98. The number of rotatable bonds is 5. The molecule has 1 saturated carbocycles. The molecule has 1 aliphatic carbocycles. The molecule has 1 N–H and O–H groups in total. The summed E-state index contributed by atoms with van der Waals surface area (Å²) in [6, 6.07) is 3.38. The van der Waals surface area contributed by atoms with E-state index in [1.165, 1.54) is 0 Å². The van der Waals surface area contributed by atoms with E-state index in [4.69, 9.17) is 16.7 Å². The average Bonchev–Trinajstić information content (AvgIpc) is 3.13. The van der Waals surface area contributed by atoms with Crippen LogP contribution in [0, 0.1) is 11.7 Å². The van der Waals surface area contributed by atoms with Gasteiger partial charge in [0.05, 0.1) is 11.4 Å². The predicted molar refractivity (Wildman–Crippen MR) is 73.2 cm³/mol. The second-order valence-electron chi connectivity index (χ2n) is 5.60. The Balaban J connectivity index is 2.39.